The average molecular weight is 767 g/mol. The van der Waals surface area contributed by atoms with Gasteiger partial charge >= 0.3 is 11.9 Å². The van der Waals surface area contributed by atoms with Gasteiger partial charge in [-0.15, -0.1) is 0 Å². The van der Waals surface area contributed by atoms with Crippen LogP contribution in [0.5, 0.6) is 0 Å². The summed E-state index contributed by atoms with van der Waals surface area (Å²) in [5.41, 5.74) is 0. The fraction of sp³-hybridized carbons (Fsp3) is 0.957. The van der Waals surface area contributed by atoms with Crippen molar-refractivity contribution in [2.24, 2.45) is 0 Å². The van der Waals surface area contributed by atoms with Crippen LogP contribution in [0.15, 0.2) is 0 Å². The number of carbonyl (C=O) groups excluding carboxylic acids is 2. The van der Waals surface area contributed by atoms with E-state index in [9.17, 15) is 14.7 Å². The fourth-order valence-corrected chi connectivity index (χ4v) is 7.33. The first-order valence-corrected chi connectivity index (χ1v) is 23.8. The molecule has 0 amide bonds. The molecular weight excluding hydrogens is 673 g/mol. The Morgan fingerprint density at radius 1 is 0.463 bits per heavy atom. The summed E-state index contributed by atoms with van der Waals surface area (Å²) < 4.78 is 11.5. The van der Waals surface area contributed by atoms with Gasteiger partial charge in [0.2, 0.25) is 0 Å². The summed E-state index contributed by atoms with van der Waals surface area (Å²) in [7, 11) is 2.07. The number of esters is 2. The zero-order valence-corrected chi connectivity index (χ0v) is 36.8. The van der Waals surface area contributed by atoms with E-state index in [1.54, 1.807) is 0 Å². The van der Waals surface area contributed by atoms with Gasteiger partial charge in [0.15, 0.2) is 0 Å². The Morgan fingerprint density at radius 2 is 0.870 bits per heavy atom. The lowest BCUT2D eigenvalue weighted by molar-refractivity contribution is -0.150. The van der Waals surface area contributed by atoms with E-state index in [2.05, 4.69) is 37.6 Å². The molecule has 0 rings (SSSR count). The van der Waals surface area contributed by atoms with Crippen LogP contribution < -0.4 is 0 Å². The predicted molar refractivity (Wildman–Crippen MR) is 231 cm³/mol. The molecule has 0 aromatic rings. The highest BCUT2D eigenvalue weighted by molar-refractivity contribution is 5.69. The standard InChI is InChI=1S/C47H94N2O5/c1-5-8-11-14-17-18-19-25-33-44-53-46(51)36-30-26-32-39-49(41-40-48(4)42-43-50)38-31-24-20-23-29-37-47(52)54-45(34-27-21-15-12-9-6-2)35-28-22-16-13-10-7-3/h45,50H,5-44H2,1-4H3. The van der Waals surface area contributed by atoms with Crippen LogP contribution in [-0.4, -0.2) is 85.9 Å². The first kappa shape index (κ1) is 52.8. The van der Waals surface area contributed by atoms with Crippen molar-refractivity contribution in [1.82, 2.24) is 9.80 Å². The molecule has 0 aliphatic carbocycles. The molecule has 0 bridgehead atoms. The minimum atomic E-state index is -0.0357. The second kappa shape index (κ2) is 43.0. The molecule has 7 heteroatoms. The molecular formula is C47H94N2O5. The van der Waals surface area contributed by atoms with Gasteiger partial charge in [0.25, 0.3) is 0 Å². The van der Waals surface area contributed by atoms with Gasteiger partial charge in [0.05, 0.1) is 13.2 Å². The lowest BCUT2D eigenvalue weighted by atomic mass is 10.0. The maximum atomic E-state index is 12.8. The Bertz CT molecular complexity index is 765. The van der Waals surface area contributed by atoms with Crippen molar-refractivity contribution in [1.29, 1.82) is 0 Å². The van der Waals surface area contributed by atoms with Gasteiger partial charge < -0.3 is 24.4 Å². The van der Waals surface area contributed by atoms with Crippen molar-refractivity contribution in [3.63, 3.8) is 0 Å². The van der Waals surface area contributed by atoms with Crippen molar-refractivity contribution in [3.05, 3.63) is 0 Å². The number of aliphatic hydroxyl groups excluding tert-OH is 1. The molecule has 54 heavy (non-hydrogen) atoms. The summed E-state index contributed by atoms with van der Waals surface area (Å²) in [5, 5.41) is 9.32. The molecule has 0 unspecified atom stereocenters. The zero-order chi connectivity index (χ0) is 39.6. The molecule has 0 spiro atoms. The summed E-state index contributed by atoms with van der Waals surface area (Å²) >= 11 is 0. The largest absolute Gasteiger partial charge is 0.466 e. The molecule has 0 aromatic heterocycles. The second-order valence-corrected chi connectivity index (χ2v) is 16.5. The SMILES string of the molecule is CCCCCCCCCCCOC(=O)CCCCCN(CCCCCCCC(=O)OC(CCCCCCCC)CCCCCCCC)CCN(C)CCO. The minimum Gasteiger partial charge on any atom is -0.466 e. The zero-order valence-electron chi connectivity index (χ0n) is 36.8. The van der Waals surface area contributed by atoms with Gasteiger partial charge in [-0.25, -0.2) is 0 Å². The Morgan fingerprint density at radius 3 is 1.37 bits per heavy atom. The number of carbonyl (C=O) groups is 2. The average Bonchev–Trinajstić information content (AvgIpc) is 3.16. The Balaban J connectivity index is 4.26. The highest BCUT2D eigenvalue weighted by Crippen LogP contribution is 2.18. The van der Waals surface area contributed by atoms with Crippen LogP contribution in [0.3, 0.4) is 0 Å². The summed E-state index contributed by atoms with van der Waals surface area (Å²) in [6.45, 7) is 12.3. The van der Waals surface area contributed by atoms with Crippen LogP contribution in [0.2, 0.25) is 0 Å². The Kier molecular flexibility index (Phi) is 42.0. The molecule has 0 heterocycles. The van der Waals surface area contributed by atoms with Gasteiger partial charge in [-0.05, 0) is 77.9 Å². The maximum Gasteiger partial charge on any atom is 0.306 e. The quantitative estimate of drug-likeness (QED) is 0.0488. The van der Waals surface area contributed by atoms with E-state index >= 15 is 0 Å². The highest BCUT2D eigenvalue weighted by Gasteiger charge is 2.14. The third-order valence-corrected chi connectivity index (χ3v) is 11.1. The molecule has 0 aromatic carbocycles. The van der Waals surface area contributed by atoms with Crippen LogP contribution in [0, 0.1) is 0 Å². The molecule has 1 N–H and O–H groups in total. The number of aliphatic hydroxyl groups is 1. The van der Waals surface area contributed by atoms with E-state index in [0.29, 0.717) is 26.0 Å². The highest BCUT2D eigenvalue weighted by atomic mass is 16.5. The Hall–Kier alpha value is -1.18. The first-order chi connectivity index (χ1) is 26.5. The van der Waals surface area contributed by atoms with Gasteiger partial charge in [-0.1, -0.05) is 162 Å². The van der Waals surface area contributed by atoms with Gasteiger partial charge in [0.1, 0.15) is 6.10 Å². The summed E-state index contributed by atoms with van der Waals surface area (Å²) in [6, 6.07) is 0. The van der Waals surface area contributed by atoms with Crippen molar-refractivity contribution in [2.75, 3.05) is 53.0 Å². The lowest BCUT2D eigenvalue weighted by Crippen LogP contribution is -2.35. The van der Waals surface area contributed by atoms with E-state index in [0.717, 1.165) is 96.8 Å². The van der Waals surface area contributed by atoms with Crippen molar-refractivity contribution >= 4 is 11.9 Å². The lowest BCUT2D eigenvalue weighted by Gasteiger charge is -2.25. The third kappa shape index (κ3) is 39.1. The summed E-state index contributed by atoms with van der Waals surface area (Å²) in [5.74, 6) is -0.0198. The van der Waals surface area contributed by atoms with Gasteiger partial charge in [-0.2, -0.15) is 0 Å². The number of unbranched alkanes of at least 4 members (excludes halogenated alkanes) is 24. The molecule has 7 nitrogen and oxygen atoms in total. The van der Waals surface area contributed by atoms with E-state index in [1.165, 1.54) is 128 Å². The van der Waals surface area contributed by atoms with E-state index in [-0.39, 0.29) is 24.6 Å². The van der Waals surface area contributed by atoms with Crippen LogP contribution in [0.25, 0.3) is 0 Å². The third-order valence-electron chi connectivity index (χ3n) is 11.1. The predicted octanol–water partition coefficient (Wildman–Crippen LogP) is 12.6. The van der Waals surface area contributed by atoms with E-state index in [1.807, 2.05) is 0 Å². The van der Waals surface area contributed by atoms with Crippen LogP contribution >= 0.6 is 0 Å². The summed E-state index contributed by atoms with van der Waals surface area (Å²) in [4.78, 5) is 29.8. The molecule has 0 radical (unpaired) electrons. The topological polar surface area (TPSA) is 79.3 Å². The number of nitrogens with zero attached hydrogens (tertiary/aromatic N) is 2. The molecule has 0 saturated heterocycles. The van der Waals surface area contributed by atoms with Crippen LogP contribution in [0.1, 0.15) is 233 Å². The minimum absolute atomic E-state index is 0.0159. The Labute approximate surface area is 336 Å². The first-order valence-electron chi connectivity index (χ1n) is 23.8. The number of rotatable bonds is 44. The number of hydrogen-bond acceptors (Lipinski definition) is 7. The molecule has 0 atom stereocenters. The van der Waals surface area contributed by atoms with Crippen molar-refractivity contribution in [3.8, 4) is 0 Å². The maximum absolute atomic E-state index is 12.8. The fourth-order valence-electron chi connectivity index (χ4n) is 7.33. The number of likely N-dealkylation sites (N-methyl/N-ethyl adjacent to an activating group) is 1. The molecule has 0 saturated carbocycles. The van der Waals surface area contributed by atoms with Crippen molar-refractivity contribution < 1.29 is 24.2 Å². The van der Waals surface area contributed by atoms with Crippen molar-refractivity contribution in [2.45, 2.75) is 239 Å². The van der Waals surface area contributed by atoms with Crippen LogP contribution in [-0.2, 0) is 19.1 Å². The molecule has 0 aliphatic heterocycles. The molecule has 322 valence electrons. The van der Waals surface area contributed by atoms with E-state index < -0.39 is 0 Å². The van der Waals surface area contributed by atoms with Gasteiger partial charge in [-0.3, -0.25) is 9.59 Å². The number of hydrogen-bond donors (Lipinski definition) is 1. The molecule has 0 aliphatic rings. The number of ether oxygens (including phenoxy) is 2. The smallest absolute Gasteiger partial charge is 0.306 e. The van der Waals surface area contributed by atoms with E-state index in [4.69, 9.17) is 9.47 Å². The molecule has 0 fully saturated rings. The van der Waals surface area contributed by atoms with Crippen LogP contribution in [0.4, 0.5) is 0 Å². The monoisotopic (exact) mass is 767 g/mol. The second-order valence-electron chi connectivity index (χ2n) is 16.5. The van der Waals surface area contributed by atoms with Gasteiger partial charge in [0, 0.05) is 32.5 Å². The summed E-state index contributed by atoms with van der Waals surface area (Å²) in [6.07, 6.45) is 38.7. The normalized spacial score (nSPS) is 11.7.